The maximum atomic E-state index is 12.1. The van der Waals surface area contributed by atoms with Gasteiger partial charge in [-0.15, -0.1) is 11.3 Å². The van der Waals surface area contributed by atoms with Gasteiger partial charge in [-0.1, -0.05) is 24.3 Å². The van der Waals surface area contributed by atoms with Gasteiger partial charge in [0.05, 0.1) is 19.4 Å². The highest BCUT2D eigenvalue weighted by atomic mass is 32.1. The first kappa shape index (κ1) is 19.9. The number of thiazole rings is 1. The third-order valence-corrected chi connectivity index (χ3v) is 4.78. The van der Waals surface area contributed by atoms with Gasteiger partial charge in [0.15, 0.2) is 11.7 Å². The molecule has 0 saturated carbocycles. The minimum Gasteiger partial charge on any atom is -0.497 e. The first-order chi connectivity index (χ1) is 13.7. The average molecular weight is 398 g/mol. The lowest BCUT2D eigenvalue weighted by molar-refractivity contribution is -0.118. The molecule has 0 saturated heterocycles. The van der Waals surface area contributed by atoms with Crippen molar-refractivity contribution in [2.75, 3.05) is 32.8 Å². The molecule has 3 rings (SSSR count). The molecule has 0 atom stereocenters. The van der Waals surface area contributed by atoms with Crippen LogP contribution in [0.25, 0.3) is 11.3 Å². The van der Waals surface area contributed by atoms with E-state index in [4.69, 9.17) is 14.2 Å². The Morgan fingerprint density at radius 2 is 1.75 bits per heavy atom. The number of hydrogen-bond acceptors (Lipinski definition) is 6. The van der Waals surface area contributed by atoms with Crippen LogP contribution in [0.3, 0.4) is 0 Å². The minimum atomic E-state index is -0.258. The van der Waals surface area contributed by atoms with Crippen molar-refractivity contribution in [2.24, 2.45) is 0 Å². The molecule has 0 aliphatic rings. The van der Waals surface area contributed by atoms with Gasteiger partial charge >= 0.3 is 0 Å². The van der Waals surface area contributed by atoms with E-state index < -0.39 is 0 Å². The summed E-state index contributed by atoms with van der Waals surface area (Å²) in [6.45, 7) is 0.611. The van der Waals surface area contributed by atoms with Gasteiger partial charge in [0.1, 0.15) is 11.5 Å². The number of nitrogens with zero attached hydrogens (tertiary/aromatic N) is 1. The van der Waals surface area contributed by atoms with Gasteiger partial charge in [-0.2, -0.15) is 0 Å². The second kappa shape index (κ2) is 9.87. The predicted octanol–water partition coefficient (Wildman–Crippen LogP) is 4.03. The standard InChI is InChI=1S/C21H22N2O4S/c1-25-12-11-15-3-5-16(6-4-15)19-14-28-21(22-19)23-20(24)13-27-18-9-7-17(26-2)8-10-18/h3-10,14H,11-13H2,1-2H3,(H,22,23,24). The summed E-state index contributed by atoms with van der Waals surface area (Å²) >= 11 is 1.38. The normalized spacial score (nSPS) is 10.5. The lowest BCUT2D eigenvalue weighted by Crippen LogP contribution is -2.20. The van der Waals surface area contributed by atoms with E-state index >= 15 is 0 Å². The molecule has 0 radical (unpaired) electrons. The van der Waals surface area contributed by atoms with Crippen LogP contribution >= 0.6 is 11.3 Å². The maximum absolute atomic E-state index is 12.1. The molecule has 28 heavy (non-hydrogen) atoms. The molecule has 6 nitrogen and oxygen atoms in total. The number of benzene rings is 2. The highest BCUT2D eigenvalue weighted by molar-refractivity contribution is 7.14. The molecule has 1 N–H and O–H groups in total. The number of rotatable bonds is 9. The molecule has 0 bridgehead atoms. The molecule has 2 aromatic carbocycles. The van der Waals surface area contributed by atoms with E-state index in [0.717, 1.165) is 23.4 Å². The van der Waals surface area contributed by atoms with Crippen LogP contribution in [0, 0.1) is 0 Å². The number of carbonyl (C=O) groups is 1. The van der Waals surface area contributed by atoms with Gasteiger partial charge < -0.3 is 14.2 Å². The molecule has 1 aromatic heterocycles. The Hall–Kier alpha value is -2.90. The Balaban J connectivity index is 1.52. The van der Waals surface area contributed by atoms with Gasteiger partial charge in [-0.05, 0) is 36.2 Å². The Bertz CT molecular complexity index is 892. The van der Waals surface area contributed by atoms with Crippen LogP contribution in [0.15, 0.2) is 53.9 Å². The number of nitrogens with one attached hydrogen (secondary N) is 1. The second-order valence-corrected chi connectivity index (χ2v) is 6.85. The lowest BCUT2D eigenvalue weighted by atomic mass is 10.1. The van der Waals surface area contributed by atoms with E-state index in [-0.39, 0.29) is 12.5 Å². The first-order valence-electron chi connectivity index (χ1n) is 8.78. The molecule has 0 unspecified atom stereocenters. The molecule has 7 heteroatoms. The summed E-state index contributed by atoms with van der Waals surface area (Å²) < 4.78 is 15.7. The number of hydrogen-bond donors (Lipinski definition) is 1. The lowest BCUT2D eigenvalue weighted by Gasteiger charge is -2.06. The van der Waals surface area contributed by atoms with Crippen molar-refractivity contribution in [3.05, 3.63) is 59.5 Å². The van der Waals surface area contributed by atoms with Crippen molar-refractivity contribution in [1.29, 1.82) is 0 Å². The fourth-order valence-electron chi connectivity index (χ4n) is 2.50. The Morgan fingerprint density at radius 1 is 1.04 bits per heavy atom. The zero-order chi connectivity index (χ0) is 19.8. The summed E-state index contributed by atoms with van der Waals surface area (Å²) in [5.74, 6) is 1.08. The summed E-state index contributed by atoms with van der Waals surface area (Å²) in [5.41, 5.74) is 3.05. The molecule has 0 aliphatic carbocycles. The topological polar surface area (TPSA) is 69.7 Å². The van der Waals surface area contributed by atoms with Gasteiger partial charge in [-0.25, -0.2) is 4.98 Å². The molecule has 146 valence electrons. The number of amides is 1. The third-order valence-electron chi connectivity index (χ3n) is 4.02. The largest absolute Gasteiger partial charge is 0.497 e. The molecule has 1 heterocycles. The van der Waals surface area contributed by atoms with E-state index in [1.54, 1.807) is 38.5 Å². The molecule has 0 spiro atoms. The second-order valence-electron chi connectivity index (χ2n) is 5.99. The van der Waals surface area contributed by atoms with Crippen molar-refractivity contribution in [3.63, 3.8) is 0 Å². The van der Waals surface area contributed by atoms with Gasteiger partial charge in [0.25, 0.3) is 5.91 Å². The van der Waals surface area contributed by atoms with Crippen LogP contribution in [0.5, 0.6) is 11.5 Å². The van der Waals surface area contributed by atoms with Crippen LogP contribution in [0.1, 0.15) is 5.56 Å². The number of anilines is 1. The molecule has 0 aliphatic heterocycles. The molecular formula is C21H22N2O4S. The van der Waals surface area contributed by atoms with Crippen LogP contribution < -0.4 is 14.8 Å². The van der Waals surface area contributed by atoms with Gasteiger partial charge in [0.2, 0.25) is 0 Å². The number of carbonyl (C=O) groups excluding carboxylic acids is 1. The van der Waals surface area contributed by atoms with Crippen LogP contribution in [0.2, 0.25) is 0 Å². The monoisotopic (exact) mass is 398 g/mol. The summed E-state index contributed by atoms with van der Waals surface area (Å²) in [7, 11) is 3.29. The highest BCUT2D eigenvalue weighted by Gasteiger charge is 2.09. The van der Waals surface area contributed by atoms with E-state index in [1.165, 1.54) is 16.9 Å². The minimum absolute atomic E-state index is 0.0879. The fraction of sp³-hybridized carbons (Fsp3) is 0.238. The first-order valence-corrected chi connectivity index (χ1v) is 9.66. The van der Waals surface area contributed by atoms with E-state index in [9.17, 15) is 4.79 Å². The summed E-state index contributed by atoms with van der Waals surface area (Å²) in [5, 5.41) is 5.23. The summed E-state index contributed by atoms with van der Waals surface area (Å²) in [6, 6.07) is 15.2. The van der Waals surface area contributed by atoms with E-state index in [0.29, 0.717) is 17.5 Å². The SMILES string of the molecule is COCCc1ccc(-c2csc(NC(=O)COc3ccc(OC)cc3)n2)cc1. The quantitative estimate of drug-likeness (QED) is 0.589. The molecule has 0 fully saturated rings. The summed E-state index contributed by atoms with van der Waals surface area (Å²) in [6.07, 6.45) is 0.878. The Labute approximate surface area is 168 Å². The Kier molecular flexibility index (Phi) is 7.00. The molecular weight excluding hydrogens is 376 g/mol. The maximum Gasteiger partial charge on any atom is 0.264 e. The Morgan fingerprint density at radius 3 is 2.43 bits per heavy atom. The average Bonchev–Trinajstić information content (AvgIpc) is 3.20. The number of ether oxygens (including phenoxy) is 3. The zero-order valence-electron chi connectivity index (χ0n) is 15.8. The van der Waals surface area contributed by atoms with Crippen molar-refractivity contribution in [1.82, 2.24) is 4.98 Å². The van der Waals surface area contributed by atoms with Crippen LogP contribution in [0.4, 0.5) is 5.13 Å². The molecule has 3 aromatic rings. The van der Waals surface area contributed by atoms with Crippen LogP contribution in [-0.4, -0.2) is 38.3 Å². The van der Waals surface area contributed by atoms with Gasteiger partial charge in [-0.3, -0.25) is 10.1 Å². The van der Waals surface area contributed by atoms with Crippen molar-refractivity contribution >= 4 is 22.4 Å². The highest BCUT2D eigenvalue weighted by Crippen LogP contribution is 2.25. The van der Waals surface area contributed by atoms with E-state index in [2.05, 4.69) is 22.4 Å². The predicted molar refractivity (Wildman–Crippen MR) is 110 cm³/mol. The van der Waals surface area contributed by atoms with Crippen LogP contribution in [-0.2, 0) is 16.0 Å². The van der Waals surface area contributed by atoms with Gasteiger partial charge in [0, 0.05) is 18.1 Å². The smallest absolute Gasteiger partial charge is 0.264 e. The summed E-state index contributed by atoms with van der Waals surface area (Å²) in [4.78, 5) is 16.6. The van der Waals surface area contributed by atoms with Crippen molar-refractivity contribution in [2.45, 2.75) is 6.42 Å². The zero-order valence-corrected chi connectivity index (χ0v) is 16.6. The van der Waals surface area contributed by atoms with E-state index in [1.807, 2.05) is 17.5 Å². The third kappa shape index (κ3) is 5.55. The van der Waals surface area contributed by atoms with Crippen molar-refractivity contribution < 1.29 is 19.0 Å². The molecule has 1 amide bonds. The van der Waals surface area contributed by atoms with Crippen molar-refractivity contribution in [3.8, 4) is 22.8 Å². The fourth-order valence-corrected chi connectivity index (χ4v) is 3.24. The number of methoxy groups -OCH3 is 2. The number of aromatic nitrogens is 1.